The number of hydrogen-bond donors (Lipinski definition) is 1. The number of nitrogens with zero attached hydrogens (tertiary/aromatic N) is 2. The smallest absolute Gasteiger partial charge is 0.218 e. The van der Waals surface area contributed by atoms with E-state index in [0.29, 0.717) is 18.3 Å². The Balaban J connectivity index is 1.81. The van der Waals surface area contributed by atoms with Crippen molar-refractivity contribution in [1.29, 1.82) is 0 Å². The minimum absolute atomic E-state index is 0.463. The van der Waals surface area contributed by atoms with Crippen molar-refractivity contribution in [3.63, 3.8) is 0 Å². The average Bonchev–Trinajstić information content (AvgIpc) is 2.44. The van der Waals surface area contributed by atoms with Gasteiger partial charge in [0.25, 0.3) is 0 Å². The highest BCUT2D eigenvalue weighted by atomic mass is 16.5. The Hall–Kier alpha value is -2.10. The Morgan fingerprint density at radius 3 is 2.68 bits per heavy atom. The summed E-state index contributed by atoms with van der Waals surface area (Å²) in [4.78, 5) is 8.40. The second-order valence-electron chi connectivity index (χ2n) is 4.34. The van der Waals surface area contributed by atoms with Crippen LogP contribution in [0.25, 0.3) is 0 Å². The van der Waals surface area contributed by atoms with Gasteiger partial charge in [-0.15, -0.1) is 0 Å². The van der Waals surface area contributed by atoms with Crippen LogP contribution in [-0.2, 0) is 12.8 Å². The van der Waals surface area contributed by atoms with E-state index in [9.17, 15) is 0 Å². The van der Waals surface area contributed by atoms with Crippen molar-refractivity contribution in [2.45, 2.75) is 26.2 Å². The molecule has 0 fully saturated rings. The molecule has 0 saturated heterocycles. The quantitative estimate of drug-likeness (QED) is 0.808. The van der Waals surface area contributed by atoms with Gasteiger partial charge >= 0.3 is 0 Å². The van der Waals surface area contributed by atoms with Gasteiger partial charge in [0, 0.05) is 12.5 Å². The molecule has 4 heteroatoms. The molecule has 0 aliphatic carbocycles. The lowest BCUT2D eigenvalue weighted by atomic mass is 10.1. The zero-order valence-electron chi connectivity index (χ0n) is 11.2. The highest BCUT2D eigenvalue weighted by molar-refractivity contribution is 5.32. The first-order valence-electron chi connectivity index (χ1n) is 6.58. The third-order valence-corrected chi connectivity index (χ3v) is 2.79. The fraction of sp³-hybridized carbons (Fsp3) is 0.333. The number of nitrogens with two attached hydrogens (primary N) is 1. The van der Waals surface area contributed by atoms with Crippen LogP contribution in [-0.4, -0.2) is 16.6 Å². The van der Waals surface area contributed by atoms with Gasteiger partial charge in [-0.05, 0) is 18.4 Å². The van der Waals surface area contributed by atoms with Gasteiger partial charge in [-0.25, -0.2) is 4.98 Å². The molecule has 1 aromatic carbocycles. The van der Waals surface area contributed by atoms with Crippen molar-refractivity contribution in [3.05, 3.63) is 47.8 Å². The first-order chi connectivity index (χ1) is 9.28. The first-order valence-corrected chi connectivity index (χ1v) is 6.58. The van der Waals surface area contributed by atoms with E-state index in [1.54, 1.807) is 6.07 Å². The summed E-state index contributed by atoms with van der Waals surface area (Å²) in [7, 11) is 0. The monoisotopic (exact) mass is 257 g/mol. The third-order valence-electron chi connectivity index (χ3n) is 2.79. The highest BCUT2D eigenvalue weighted by Gasteiger charge is 2.02. The maximum atomic E-state index is 5.70. The second kappa shape index (κ2) is 6.73. The highest BCUT2D eigenvalue weighted by Crippen LogP contribution is 2.12. The number of aryl methyl sites for hydroxylation is 2. The van der Waals surface area contributed by atoms with Crippen LogP contribution >= 0.6 is 0 Å². The third kappa shape index (κ3) is 4.25. The molecular weight excluding hydrogens is 238 g/mol. The number of rotatable bonds is 6. The zero-order chi connectivity index (χ0) is 13.5. The molecule has 0 amide bonds. The number of aromatic nitrogens is 2. The van der Waals surface area contributed by atoms with E-state index in [1.807, 2.05) is 13.0 Å². The number of ether oxygens (including phenoxy) is 1. The van der Waals surface area contributed by atoms with Crippen molar-refractivity contribution < 1.29 is 4.74 Å². The van der Waals surface area contributed by atoms with Crippen LogP contribution in [0, 0.1) is 0 Å². The van der Waals surface area contributed by atoms with Gasteiger partial charge in [-0.2, -0.15) is 4.98 Å². The minimum Gasteiger partial charge on any atom is -0.478 e. The van der Waals surface area contributed by atoms with Gasteiger partial charge in [0.2, 0.25) is 5.88 Å². The molecule has 19 heavy (non-hydrogen) atoms. The van der Waals surface area contributed by atoms with Gasteiger partial charge in [-0.1, -0.05) is 37.3 Å². The van der Waals surface area contributed by atoms with Crippen LogP contribution in [0.1, 0.15) is 24.7 Å². The summed E-state index contributed by atoms with van der Waals surface area (Å²) in [6.07, 6.45) is 2.71. The van der Waals surface area contributed by atoms with Gasteiger partial charge in [0.15, 0.2) is 0 Å². The van der Waals surface area contributed by atoms with Gasteiger partial charge in [0.05, 0.1) is 6.61 Å². The van der Waals surface area contributed by atoms with Gasteiger partial charge in [0.1, 0.15) is 11.6 Å². The van der Waals surface area contributed by atoms with E-state index in [2.05, 4.69) is 34.2 Å². The molecule has 0 bridgehead atoms. The van der Waals surface area contributed by atoms with Crippen LogP contribution in [0.3, 0.4) is 0 Å². The Morgan fingerprint density at radius 2 is 1.95 bits per heavy atom. The molecule has 0 aliphatic heterocycles. The topological polar surface area (TPSA) is 61.0 Å². The standard InChI is InChI=1S/C15H19N3O/c1-2-14-17-13(16)11-15(18-14)19-10-6-9-12-7-4-3-5-8-12/h3-5,7-8,11H,2,6,9-10H2,1H3,(H2,16,17,18). The van der Waals surface area contributed by atoms with E-state index in [1.165, 1.54) is 5.56 Å². The Labute approximate surface area is 113 Å². The summed E-state index contributed by atoms with van der Waals surface area (Å²) in [5.74, 6) is 1.75. The van der Waals surface area contributed by atoms with E-state index < -0.39 is 0 Å². The molecule has 100 valence electrons. The Morgan fingerprint density at radius 1 is 1.16 bits per heavy atom. The predicted molar refractivity (Wildman–Crippen MR) is 76.1 cm³/mol. The second-order valence-corrected chi connectivity index (χ2v) is 4.34. The maximum Gasteiger partial charge on any atom is 0.218 e. The van der Waals surface area contributed by atoms with Crippen LogP contribution in [0.5, 0.6) is 5.88 Å². The SMILES string of the molecule is CCc1nc(N)cc(OCCCc2ccccc2)n1. The normalized spacial score (nSPS) is 10.4. The number of hydrogen-bond acceptors (Lipinski definition) is 4. The summed E-state index contributed by atoms with van der Waals surface area (Å²) in [5.41, 5.74) is 7.02. The molecular formula is C15H19N3O. The van der Waals surface area contributed by atoms with E-state index in [-0.39, 0.29) is 0 Å². The molecule has 2 aromatic rings. The molecule has 2 rings (SSSR count). The summed E-state index contributed by atoms with van der Waals surface area (Å²) in [6.45, 7) is 2.63. The van der Waals surface area contributed by atoms with Crippen molar-refractivity contribution >= 4 is 5.82 Å². The Kier molecular flexibility index (Phi) is 4.72. The minimum atomic E-state index is 0.463. The molecule has 4 nitrogen and oxygen atoms in total. The fourth-order valence-corrected chi connectivity index (χ4v) is 1.82. The molecule has 0 radical (unpaired) electrons. The largest absolute Gasteiger partial charge is 0.478 e. The number of benzene rings is 1. The summed E-state index contributed by atoms with van der Waals surface area (Å²) in [6, 6.07) is 12.0. The molecule has 0 spiro atoms. The molecule has 0 unspecified atom stereocenters. The average molecular weight is 257 g/mol. The summed E-state index contributed by atoms with van der Waals surface area (Å²) in [5, 5.41) is 0. The molecule has 1 aromatic heterocycles. The van der Waals surface area contributed by atoms with Gasteiger partial charge in [-0.3, -0.25) is 0 Å². The predicted octanol–water partition coefficient (Wildman–Crippen LogP) is 2.63. The fourth-order valence-electron chi connectivity index (χ4n) is 1.82. The maximum absolute atomic E-state index is 5.70. The lowest BCUT2D eigenvalue weighted by Gasteiger charge is -2.07. The first kappa shape index (κ1) is 13.3. The Bertz CT molecular complexity index is 514. The summed E-state index contributed by atoms with van der Waals surface area (Å²) < 4.78 is 5.62. The van der Waals surface area contributed by atoms with Crippen molar-refractivity contribution in [2.24, 2.45) is 0 Å². The van der Waals surface area contributed by atoms with Crippen LogP contribution < -0.4 is 10.5 Å². The van der Waals surface area contributed by atoms with Crippen LogP contribution in [0.15, 0.2) is 36.4 Å². The molecule has 0 saturated carbocycles. The zero-order valence-corrected chi connectivity index (χ0v) is 11.2. The van der Waals surface area contributed by atoms with Crippen molar-refractivity contribution in [1.82, 2.24) is 9.97 Å². The van der Waals surface area contributed by atoms with E-state index in [0.717, 1.165) is 25.1 Å². The molecule has 2 N–H and O–H groups in total. The summed E-state index contributed by atoms with van der Waals surface area (Å²) >= 11 is 0. The lowest BCUT2D eigenvalue weighted by molar-refractivity contribution is 0.298. The van der Waals surface area contributed by atoms with Gasteiger partial charge < -0.3 is 10.5 Å². The van der Waals surface area contributed by atoms with E-state index >= 15 is 0 Å². The van der Waals surface area contributed by atoms with Crippen molar-refractivity contribution in [2.75, 3.05) is 12.3 Å². The lowest BCUT2D eigenvalue weighted by Crippen LogP contribution is -2.05. The number of nitrogen functional groups attached to an aromatic ring is 1. The van der Waals surface area contributed by atoms with Crippen LogP contribution in [0.4, 0.5) is 5.82 Å². The number of anilines is 1. The van der Waals surface area contributed by atoms with Crippen LogP contribution in [0.2, 0.25) is 0 Å². The molecule has 0 atom stereocenters. The molecule has 0 aliphatic rings. The van der Waals surface area contributed by atoms with Crippen molar-refractivity contribution in [3.8, 4) is 5.88 Å². The molecule has 1 heterocycles. The van der Waals surface area contributed by atoms with E-state index in [4.69, 9.17) is 10.5 Å².